The fourth-order valence-corrected chi connectivity index (χ4v) is 1.72. The van der Waals surface area contributed by atoms with E-state index >= 15 is 0 Å². The maximum atomic E-state index is 12.2. The predicted octanol–water partition coefficient (Wildman–Crippen LogP) is 0.649. The van der Waals surface area contributed by atoms with Gasteiger partial charge in [-0.25, -0.2) is 0 Å². The first kappa shape index (κ1) is 13.7. The number of carbonyl (C=O) groups excluding carboxylic acids is 1. The Morgan fingerprint density at radius 2 is 2.29 bits per heavy atom. The number of aryl methyl sites for hydroxylation is 2. The van der Waals surface area contributed by atoms with E-state index in [1.54, 1.807) is 23.7 Å². The Morgan fingerprint density at radius 1 is 1.65 bits per heavy atom. The van der Waals surface area contributed by atoms with Gasteiger partial charge in [0.25, 0.3) is 5.91 Å². The molecular formula is C12H22N4O. The molecule has 1 unspecified atom stereocenters. The number of nitrogens with two attached hydrogens (primary N) is 1. The molecule has 1 amide bonds. The highest BCUT2D eigenvalue weighted by Crippen LogP contribution is 2.08. The quantitative estimate of drug-likeness (QED) is 0.819. The van der Waals surface area contributed by atoms with Gasteiger partial charge in [-0.1, -0.05) is 13.8 Å². The Morgan fingerprint density at radius 3 is 2.76 bits per heavy atom. The molecule has 0 aliphatic carbocycles. The summed E-state index contributed by atoms with van der Waals surface area (Å²) in [5.74, 6) is 0.308. The molecule has 17 heavy (non-hydrogen) atoms. The molecule has 1 aromatic rings. The van der Waals surface area contributed by atoms with Crippen molar-refractivity contribution in [1.82, 2.24) is 14.7 Å². The van der Waals surface area contributed by atoms with E-state index < -0.39 is 0 Å². The van der Waals surface area contributed by atoms with E-state index in [4.69, 9.17) is 5.73 Å². The monoisotopic (exact) mass is 238 g/mol. The molecule has 96 valence electrons. The van der Waals surface area contributed by atoms with Crippen LogP contribution in [0.25, 0.3) is 0 Å². The molecular weight excluding hydrogens is 216 g/mol. The van der Waals surface area contributed by atoms with Gasteiger partial charge in [0.15, 0.2) is 0 Å². The molecule has 0 saturated carbocycles. The zero-order chi connectivity index (χ0) is 13.0. The molecule has 1 heterocycles. The zero-order valence-corrected chi connectivity index (χ0v) is 11.1. The van der Waals surface area contributed by atoms with Crippen LogP contribution in [0.4, 0.5) is 0 Å². The molecule has 2 N–H and O–H groups in total. The highest BCUT2D eigenvalue weighted by atomic mass is 16.2. The Hall–Kier alpha value is -1.36. The lowest BCUT2D eigenvalue weighted by Gasteiger charge is -2.20. The van der Waals surface area contributed by atoms with Crippen LogP contribution in [-0.2, 0) is 13.5 Å². The average Bonchev–Trinajstić information content (AvgIpc) is 2.69. The Kier molecular flexibility index (Phi) is 4.69. The summed E-state index contributed by atoms with van der Waals surface area (Å²) >= 11 is 0. The molecule has 0 aromatic carbocycles. The van der Waals surface area contributed by atoms with Crippen molar-refractivity contribution >= 4 is 5.91 Å². The summed E-state index contributed by atoms with van der Waals surface area (Å²) in [6.45, 7) is 5.31. The third kappa shape index (κ3) is 3.30. The maximum Gasteiger partial charge on any atom is 0.271 e. The van der Waals surface area contributed by atoms with Crippen LogP contribution in [0.1, 0.15) is 30.0 Å². The van der Waals surface area contributed by atoms with Gasteiger partial charge in [0.1, 0.15) is 5.69 Å². The van der Waals surface area contributed by atoms with E-state index in [-0.39, 0.29) is 5.91 Å². The van der Waals surface area contributed by atoms with E-state index in [0.717, 1.165) is 12.1 Å². The second-order valence-electron chi connectivity index (χ2n) is 4.52. The minimum absolute atomic E-state index is 0.000000000000000222. The molecule has 0 radical (unpaired) electrons. The third-order valence-electron chi connectivity index (χ3n) is 2.85. The number of carbonyl (C=O) groups is 1. The van der Waals surface area contributed by atoms with Gasteiger partial charge in [0.05, 0.1) is 5.69 Å². The normalized spacial score (nSPS) is 12.5. The summed E-state index contributed by atoms with van der Waals surface area (Å²) in [5, 5.41) is 4.28. The highest BCUT2D eigenvalue weighted by molar-refractivity contribution is 5.92. The van der Waals surface area contributed by atoms with E-state index in [9.17, 15) is 4.79 Å². The topological polar surface area (TPSA) is 64.2 Å². The van der Waals surface area contributed by atoms with Crippen LogP contribution in [0.15, 0.2) is 6.07 Å². The molecule has 0 spiro atoms. The molecule has 1 atom stereocenters. The number of hydrogen-bond donors (Lipinski definition) is 1. The van der Waals surface area contributed by atoms with Crippen LogP contribution in [0.5, 0.6) is 0 Å². The Bertz CT molecular complexity index is 386. The second kappa shape index (κ2) is 5.82. The first-order chi connectivity index (χ1) is 7.99. The molecule has 0 saturated heterocycles. The van der Waals surface area contributed by atoms with Crippen LogP contribution in [0, 0.1) is 5.92 Å². The lowest BCUT2D eigenvalue weighted by Crippen LogP contribution is -2.34. The van der Waals surface area contributed by atoms with Gasteiger partial charge in [0.2, 0.25) is 0 Å². The molecule has 0 fully saturated rings. The van der Waals surface area contributed by atoms with Gasteiger partial charge >= 0.3 is 0 Å². The lowest BCUT2D eigenvalue weighted by atomic mass is 10.1. The summed E-state index contributed by atoms with van der Waals surface area (Å²) in [5.41, 5.74) is 7.13. The van der Waals surface area contributed by atoms with Crippen LogP contribution >= 0.6 is 0 Å². The average molecular weight is 238 g/mol. The first-order valence-corrected chi connectivity index (χ1v) is 5.98. The summed E-state index contributed by atoms with van der Waals surface area (Å²) in [7, 11) is 3.60. The van der Waals surface area contributed by atoms with Crippen LogP contribution in [-0.4, -0.2) is 40.7 Å². The Labute approximate surface area is 103 Å². The second-order valence-corrected chi connectivity index (χ2v) is 4.52. The fourth-order valence-electron chi connectivity index (χ4n) is 1.72. The zero-order valence-electron chi connectivity index (χ0n) is 11.1. The highest BCUT2D eigenvalue weighted by Gasteiger charge is 2.18. The first-order valence-electron chi connectivity index (χ1n) is 5.98. The smallest absolute Gasteiger partial charge is 0.271 e. The lowest BCUT2D eigenvalue weighted by molar-refractivity contribution is 0.0766. The summed E-state index contributed by atoms with van der Waals surface area (Å²) < 4.78 is 1.64. The number of nitrogens with zero attached hydrogens (tertiary/aromatic N) is 3. The van der Waals surface area contributed by atoms with E-state index in [1.807, 2.05) is 19.9 Å². The molecule has 0 aliphatic heterocycles. The number of hydrogen-bond acceptors (Lipinski definition) is 3. The van der Waals surface area contributed by atoms with Gasteiger partial charge in [0, 0.05) is 20.6 Å². The van der Waals surface area contributed by atoms with Crippen molar-refractivity contribution in [3.63, 3.8) is 0 Å². The van der Waals surface area contributed by atoms with Crippen molar-refractivity contribution < 1.29 is 4.79 Å². The van der Waals surface area contributed by atoms with Crippen molar-refractivity contribution in [3.8, 4) is 0 Å². The minimum Gasteiger partial charge on any atom is -0.340 e. The number of amides is 1. The number of aromatic nitrogens is 2. The van der Waals surface area contributed by atoms with Crippen molar-refractivity contribution in [3.05, 3.63) is 17.5 Å². The fraction of sp³-hybridized carbons (Fsp3) is 0.667. The minimum atomic E-state index is 0.000000000000000222. The predicted molar refractivity (Wildman–Crippen MR) is 67.8 cm³/mol. The van der Waals surface area contributed by atoms with Crippen LogP contribution in [0.2, 0.25) is 0 Å². The molecule has 1 rings (SSSR count). The third-order valence-corrected chi connectivity index (χ3v) is 2.85. The molecule has 1 aromatic heterocycles. The van der Waals surface area contributed by atoms with Crippen molar-refractivity contribution in [2.45, 2.75) is 20.3 Å². The van der Waals surface area contributed by atoms with E-state index in [0.29, 0.717) is 24.7 Å². The Balaban J connectivity index is 2.77. The van der Waals surface area contributed by atoms with Crippen LogP contribution in [0.3, 0.4) is 0 Å². The van der Waals surface area contributed by atoms with Gasteiger partial charge < -0.3 is 10.6 Å². The van der Waals surface area contributed by atoms with Crippen LogP contribution < -0.4 is 5.73 Å². The molecule has 5 heteroatoms. The summed E-state index contributed by atoms with van der Waals surface area (Å²) in [6, 6.07) is 1.85. The van der Waals surface area contributed by atoms with E-state index in [1.165, 1.54) is 0 Å². The van der Waals surface area contributed by atoms with Crippen molar-refractivity contribution in [2.75, 3.05) is 20.1 Å². The van der Waals surface area contributed by atoms with Crippen molar-refractivity contribution in [2.24, 2.45) is 18.7 Å². The van der Waals surface area contributed by atoms with Crippen molar-refractivity contribution in [1.29, 1.82) is 0 Å². The molecule has 5 nitrogen and oxygen atoms in total. The summed E-state index contributed by atoms with van der Waals surface area (Å²) in [6.07, 6.45) is 0.837. The number of rotatable bonds is 5. The van der Waals surface area contributed by atoms with Gasteiger partial charge in [-0.15, -0.1) is 0 Å². The largest absolute Gasteiger partial charge is 0.340 e. The summed E-state index contributed by atoms with van der Waals surface area (Å²) in [4.78, 5) is 13.9. The molecule has 0 aliphatic rings. The van der Waals surface area contributed by atoms with E-state index in [2.05, 4.69) is 5.10 Å². The maximum absolute atomic E-state index is 12.2. The molecule has 0 bridgehead atoms. The van der Waals surface area contributed by atoms with Gasteiger partial charge in [-0.2, -0.15) is 5.10 Å². The van der Waals surface area contributed by atoms with Gasteiger partial charge in [-0.3, -0.25) is 9.48 Å². The van der Waals surface area contributed by atoms with Gasteiger partial charge in [-0.05, 0) is 24.9 Å². The SMILES string of the molecule is CCc1cc(C(=O)N(C)CC(C)CN)n(C)n1. The standard InChI is InChI=1S/C12H22N4O/c1-5-10-6-11(16(4)14-10)12(17)15(3)8-9(2)7-13/h6,9H,5,7-8,13H2,1-4H3.